The molecule has 1 atom stereocenters. The highest BCUT2D eigenvalue weighted by Crippen LogP contribution is 2.26. The van der Waals surface area contributed by atoms with E-state index in [1.165, 1.54) is 0 Å². The SMILES string of the molecule is CC(Oc1cccnc1)C(=O)Nc1ccccc1-c1n[nH]c(C(C)C)n1. The van der Waals surface area contributed by atoms with Gasteiger partial charge in [0.05, 0.1) is 11.9 Å². The zero-order valence-corrected chi connectivity index (χ0v) is 14.9. The van der Waals surface area contributed by atoms with Crippen LogP contribution in [0.2, 0.25) is 0 Å². The van der Waals surface area contributed by atoms with Crippen LogP contribution in [0.4, 0.5) is 5.69 Å². The van der Waals surface area contributed by atoms with E-state index in [1.54, 1.807) is 31.5 Å². The number of H-pyrrole nitrogens is 1. The summed E-state index contributed by atoms with van der Waals surface area (Å²) in [5.74, 6) is 1.87. The number of pyridine rings is 1. The second-order valence-electron chi connectivity index (χ2n) is 6.18. The first-order valence-corrected chi connectivity index (χ1v) is 8.44. The van der Waals surface area contributed by atoms with E-state index in [4.69, 9.17) is 4.74 Å². The van der Waals surface area contributed by atoms with Crippen LogP contribution in [0.5, 0.6) is 5.75 Å². The van der Waals surface area contributed by atoms with Gasteiger partial charge in [-0.05, 0) is 31.2 Å². The molecule has 0 saturated heterocycles. The molecule has 0 aliphatic rings. The molecule has 2 aromatic heterocycles. The maximum absolute atomic E-state index is 12.5. The number of aromatic nitrogens is 4. The summed E-state index contributed by atoms with van der Waals surface area (Å²) < 4.78 is 5.62. The first-order chi connectivity index (χ1) is 12.5. The van der Waals surface area contributed by atoms with E-state index in [2.05, 4.69) is 25.5 Å². The van der Waals surface area contributed by atoms with E-state index >= 15 is 0 Å². The van der Waals surface area contributed by atoms with E-state index in [1.807, 2.05) is 38.1 Å². The molecular formula is C19H21N5O2. The molecule has 7 nitrogen and oxygen atoms in total. The maximum atomic E-state index is 12.5. The number of carbonyl (C=O) groups is 1. The standard InChI is InChI=1S/C19H21N5O2/c1-12(2)17-22-18(24-23-17)15-8-4-5-9-16(15)21-19(25)13(3)26-14-7-6-10-20-11-14/h4-13H,1-3H3,(H,21,25)(H,22,23,24). The third-order valence-electron chi connectivity index (χ3n) is 3.79. The summed E-state index contributed by atoms with van der Waals surface area (Å²) in [5.41, 5.74) is 1.38. The fraction of sp³-hybridized carbons (Fsp3) is 0.263. The summed E-state index contributed by atoms with van der Waals surface area (Å²) in [6.07, 6.45) is 2.54. The van der Waals surface area contributed by atoms with E-state index in [9.17, 15) is 4.79 Å². The van der Waals surface area contributed by atoms with Gasteiger partial charge < -0.3 is 10.1 Å². The molecule has 0 bridgehead atoms. The monoisotopic (exact) mass is 351 g/mol. The van der Waals surface area contributed by atoms with Gasteiger partial charge in [0.25, 0.3) is 5.91 Å². The Balaban J connectivity index is 1.76. The number of benzene rings is 1. The van der Waals surface area contributed by atoms with Gasteiger partial charge in [-0.25, -0.2) is 4.98 Å². The highest BCUT2D eigenvalue weighted by molar-refractivity contribution is 5.97. The Morgan fingerprint density at radius 2 is 1.96 bits per heavy atom. The summed E-state index contributed by atoms with van der Waals surface area (Å²) in [7, 11) is 0. The molecule has 26 heavy (non-hydrogen) atoms. The molecule has 0 radical (unpaired) electrons. The van der Waals surface area contributed by atoms with Crippen LogP contribution < -0.4 is 10.1 Å². The van der Waals surface area contributed by atoms with Crippen LogP contribution >= 0.6 is 0 Å². The predicted molar refractivity (Wildman–Crippen MR) is 98.9 cm³/mol. The number of aromatic amines is 1. The Labute approximate surface area is 151 Å². The fourth-order valence-corrected chi connectivity index (χ4v) is 2.35. The minimum absolute atomic E-state index is 0.242. The van der Waals surface area contributed by atoms with Crippen molar-refractivity contribution < 1.29 is 9.53 Å². The van der Waals surface area contributed by atoms with E-state index in [-0.39, 0.29) is 11.8 Å². The quantitative estimate of drug-likeness (QED) is 0.710. The van der Waals surface area contributed by atoms with Gasteiger partial charge in [-0.2, -0.15) is 5.10 Å². The Morgan fingerprint density at radius 1 is 1.15 bits per heavy atom. The lowest BCUT2D eigenvalue weighted by Crippen LogP contribution is -2.30. The van der Waals surface area contributed by atoms with Crippen LogP contribution in [0.1, 0.15) is 32.5 Å². The van der Waals surface area contributed by atoms with Gasteiger partial charge in [0.15, 0.2) is 11.9 Å². The highest BCUT2D eigenvalue weighted by Gasteiger charge is 2.18. The number of ether oxygens (including phenoxy) is 1. The number of rotatable bonds is 6. The van der Waals surface area contributed by atoms with Crippen molar-refractivity contribution >= 4 is 11.6 Å². The molecule has 0 fully saturated rings. The molecule has 3 aromatic rings. The van der Waals surface area contributed by atoms with Crippen LogP contribution in [0, 0.1) is 0 Å². The summed E-state index contributed by atoms with van der Waals surface area (Å²) in [6, 6.07) is 10.9. The predicted octanol–water partition coefficient (Wildman–Crippen LogP) is 3.40. The smallest absolute Gasteiger partial charge is 0.265 e. The van der Waals surface area contributed by atoms with Crippen LogP contribution in [-0.2, 0) is 4.79 Å². The number of anilines is 1. The molecule has 0 aliphatic carbocycles. The third-order valence-corrected chi connectivity index (χ3v) is 3.79. The van der Waals surface area contributed by atoms with Crippen molar-refractivity contribution in [1.82, 2.24) is 20.2 Å². The van der Waals surface area contributed by atoms with Gasteiger partial charge in [-0.3, -0.25) is 14.9 Å². The van der Waals surface area contributed by atoms with Gasteiger partial charge >= 0.3 is 0 Å². The minimum Gasteiger partial charge on any atom is -0.479 e. The highest BCUT2D eigenvalue weighted by atomic mass is 16.5. The van der Waals surface area contributed by atoms with Crippen molar-refractivity contribution in [3.8, 4) is 17.1 Å². The molecule has 2 heterocycles. The van der Waals surface area contributed by atoms with Gasteiger partial charge in [-0.15, -0.1) is 0 Å². The summed E-state index contributed by atoms with van der Waals surface area (Å²) in [4.78, 5) is 21.0. The van der Waals surface area contributed by atoms with Gasteiger partial charge in [0.1, 0.15) is 11.6 Å². The van der Waals surface area contributed by atoms with Crippen molar-refractivity contribution in [2.45, 2.75) is 32.8 Å². The van der Waals surface area contributed by atoms with Gasteiger partial charge in [-0.1, -0.05) is 26.0 Å². The largest absolute Gasteiger partial charge is 0.479 e. The van der Waals surface area contributed by atoms with E-state index in [0.29, 0.717) is 17.3 Å². The lowest BCUT2D eigenvalue weighted by atomic mass is 10.1. The molecular weight excluding hydrogens is 330 g/mol. The number of hydrogen-bond acceptors (Lipinski definition) is 5. The van der Waals surface area contributed by atoms with Crippen LogP contribution in [0.15, 0.2) is 48.8 Å². The Bertz CT molecular complexity index is 876. The Kier molecular flexibility index (Phi) is 5.26. The van der Waals surface area contributed by atoms with E-state index in [0.717, 1.165) is 11.4 Å². The number of para-hydroxylation sites is 1. The van der Waals surface area contributed by atoms with Gasteiger partial charge in [0.2, 0.25) is 0 Å². The van der Waals surface area contributed by atoms with Crippen LogP contribution in [0.3, 0.4) is 0 Å². The first-order valence-electron chi connectivity index (χ1n) is 8.44. The van der Waals surface area contributed by atoms with Crippen molar-refractivity contribution in [2.75, 3.05) is 5.32 Å². The summed E-state index contributed by atoms with van der Waals surface area (Å²) in [5, 5.41) is 10.1. The van der Waals surface area contributed by atoms with Crippen molar-refractivity contribution in [2.24, 2.45) is 0 Å². The molecule has 1 aromatic carbocycles. The average Bonchev–Trinajstić information content (AvgIpc) is 3.13. The second kappa shape index (κ2) is 7.77. The second-order valence-corrected chi connectivity index (χ2v) is 6.18. The Morgan fingerprint density at radius 3 is 2.65 bits per heavy atom. The topological polar surface area (TPSA) is 92.8 Å². The number of amides is 1. The molecule has 1 unspecified atom stereocenters. The fourth-order valence-electron chi connectivity index (χ4n) is 2.35. The number of nitrogens with zero attached hydrogens (tertiary/aromatic N) is 3. The molecule has 0 spiro atoms. The summed E-state index contributed by atoms with van der Waals surface area (Å²) >= 11 is 0. The lowest BCUT2D eigenvalue weighted by molar-refractivity contribution is -0.122. The lowest BCUT2D eigenvalue weighted by Gasteiger charge is -2.15. The maximum Gasteiger partial charge on any atom is 0.265 e. The Hall–Kier alpha value is -3.22. The van der Waals surface area contributed by atoms with Crippen molar-refractivity contribution in [3.05, 3.63) is 54.6 Å². The first kappa shape index (κ1) is 17.6. The van der Waals surface area contributed by atoms with Crippen LogP contribution in [-0.4, -0.2) is 32.2 Å². The molecule has 7 heteroatoms. The molecule has 3 rings (SSSR count). The zero-order valence-electron chi connectivity index (χ0n) is 14.9. The molecule has 0 aliphatic heterocycles. The summed E-state index contributed by atoms with van der Waals surface area (Å²) in [6.45, 7) is 5.76. The minimum atomic E-state index is -0.675. The molecule has 2 N–H and O–H groups in total. The molecule has 134 valence electrons. The zero-order chi connectivity index (χ0) is 18.5. The average molecular weight is 351 g/mol. The molecule has 0 saturated carbocycles. The van der Waals surface area contributed by atoms with Gasteiger partial charge in [0, 0.05) is 17.7 Å². The third kappa shape index (κ3) is 4.05. The normalized spacial score (nSPS) is 12.0. The number of carbonyl (C=O) groups excluding carboxylic acids is 1. The molecule has 1 amide bonds. The van der Waals surface area contributed by atoms with Crippen LogP contribution in [0.25, 0.3) is 11.4 Å². The van der Waals surface area contributed by atoms with E-state index < -0.39 is 6.10 Å². The number of hydrogen-bond donors (Lipinski definition) is 2. The number of nitrogens with one attached hydrogen (secondary N) is 2. The van der Waals surface area contributed by atoms with Crippen molar-refractivity contribution in [3.63, 3.8) is 0 Å². The van der Waals surface area contributed by atoms with Crippen molar-refractivity contribution in [1.29, 1.82) is 0 Å².